The number of nitrogens with zero attached hydrogens (tertiary/aromatic N) is 3. The quantitative estimate of drug-likeness (QED) is 0.823. The van der Waals surface area contributed by atoms with E-state index in [1.54, 1.807) is 6.20 Å². The minimum Gasteiger partial charge on any atom is -0.379 e. The Morgan fingerprint density at radius 2 is 2.00 bits per heavy atom. The average molecular weight is 334 g/mol. The van der Waals surface area contributed by atoms with Gasteiger partial charge in [0.05, 0.1) is 31.3 Å². The third-order valence-electron chi connectivity index (χ3n) is 3.90. The number of ether oxygens (including phenoxy) is 1. The number of anilines is 1. The first-order chi connectivity index (χ1) is 11.7. The fraction of sp³-hybridized carbons (Fsp3) is 0.412. The molecule has 128 valence electrons. The van der Waals surface area contributed by atoms with Gasteiger partial charge >= 0.3 is 0 Å². The van der Waals surface area contributed by atoms with Crippen LogP contribution in [0.3, 0.4) is 0 Å². The second-order valence-electron chi connectivity index (χ2n) is 5.65. The van der Waals surface area contributed by atoms with Crippen LogP contribution in [-0.2, 0) is 4.74 Å². The van der Waals surface area contributed by atoms with E-state index in [-0.39, 0.29) is 5.56 Å². The molecule has 1 N–H and O–H groups in total. The normalized spacial score (nSPS) is 15.4. The first-order valence-electron chi connectivity index (χ1n) is 8.04. The Morgan fingerprint density at radius 3 is 2.79 bits per heavy atom. The van der Waals surface area contributed by atoms with E-state index in [9.17, 15) is 8.78 Å². The first kappa shape index (κ1) is 16.7. The minimum atomic E-state index is -0.645. The lowest BCUT2D eigenvalue weighted by molar-refractivity contribution is 0.0378. The van der Waals surface area contributed by atoms with Crippen LogP contribution in [0.25, 0.3) is 11.3 Å². The number of hydrogen-bond acceptors (Lipinski definition) is 5. The molecule has 7 heteroatoms. The molecule has 1 saturated heterocycles. The topological polar surface area (TPSA) is 50.3 Å². The van der Waals surface area contributed by atoms with E-state index in [2.05, 4.69) is 20.2 Å². The Kier molecular flexibility index (Phi) is 5.66. The number of morpholine rings is 1. The van der Waals surface area contributed by atoms with Crippen LogP contribution in [0.4, 0.5) is 14.6 Å². The molecule has 1 aromatic carbocycles. The maximum absolute atomic E-state index is 13.8. The smallest absolute Gasteiger partial charge is 0.145 e. The van der Waals surface area contributed by atoms with Crippen molar-refractivity contribution >= 4 is 5.82 Å². The summed E-state index contributed by atoms with van der Waals surface area (Å²) in [5.41, 5.74) is 0.617. The third-order valence-corrected chi connectivity index (χ3v) is 3.90. The van der Waals surface area contributed by atoms with Crippen LogP contribution >= 0.6 is 0 Å². The van der Waals surface area contributed by atoms with E-state index in [1.807, 2.05) is 0 Å². The molecule has 2 heterocycles. The number of benzene rings is 1. The highest BCUT2D eigenvalue weighted by atomic mass is 19.1. The molecule has 1 aliphatic rings. The van der Waals surface area contributed by atoms with Gasteiger partial charge in [0.25, 0.3) is 0 Å². The highest BCUT2D eigenvalue weighted by Gasteiger charge is 2.10. The van der Waals surface area contributed by atoms with Gasteiger partial charge < -0.3 is 10.1 Å². The lowest BCUT2D eigenvalue weighted by atomic mass is 10.1. The largest absolute Gasteiger partial charge is 0.379 e. The second-order valence-corrected chi connectivity index (χ2v) is 5.65. The van der Waals surface area contributed by atoms with Crippen molar-refractivity contribution in [2.45, 2.75) is 6.42 Å². The summed E-state index contributed by atoms with van der Waals surface area (Å²) in [5.74, 6) is -0.673. The van der Waals surface area contributed by atoms with Gasteiger partial charge in [-0.2, -0.15) is 0 Å². The lowest BCUT2D eigenvalue weighted by Crippen LogP contribution is -2.37. The van der Waals surface area contributed by atoms with Crippen LogP contribution in [-0.4, -0.2) is 54.3 Å². The molecule has 1 aromatic heterocycles. The standard InChI is InChI=1S/C17H20F2N4O/c18-13-2-3-14(15(19)10-13)16-11-20-12-17(22-16)21-4-1-5-23-6-8-24-9-7-23/h2-3,10-12H,1,4-9H2,(H,21,22). The predicted octanol–water partition coefficient (Wildman–Crippen LogP) is 2.56. The molecule has 24 heavy (non-hydrogen) atoms. The van der Waals surface area contributed by atoms with Gasteiger partial charge in [0.15, 0.2) is 0 Å². The van der Waals surface area contributed by atoms with Crippen molar-refractivity contribution in [3.05, 3.63) is 42.2 Å². The number of hydrogen-bond donors (Lipinski definition) is 1. The van der Waals surface area contributed by atoms with Gasteiger partial charge in [0.2, 0.25) is 0 Å². The molecule has 0 atom stereocenters. The molecule has 0 unspecified atom stereocenters. The highest BCUT2D eigenvalue weighted by Crippen LogP contribution is 2.21. The molecule has 1 fully saturated rings. The van der Waals surface area contributed by atoms with E-state index in [0.29, 0.717) is 11.5 Å². The van der Waals surface area contributed by atoms with Gasteiger partial charge in [-0.3, -0.25) is 9.88 Å². The fourth-order valence-corrected chi connectivity index (χ4v) is 2.62. The van der Waals surface area contributed by atoms with Crippen molar-refractivity contribution in [2.75, 3.05) is 44.7 Å². The van der Waals surface area contributed by atoms with Crippen LogP contribution in [0.1, 0.15) is 6.42 Å². The monoisotopic (exact) mass is 334 g/mol. The summed E-state index contributed by atoms with van der Waals surface area (Å²) < 4.78 is 32.2. The molecule has 1 aliphatic heterocycles. The molecular formula is C17H20F2N4O. The number of aromatic nitrogens is 2. The van der Waals surface area contributed by atoms with Gasteiger partial charge in [0, 0.05) is 31.3 Å². The summed E-state index contributed by atoms with van der Waals surface area (Å²) in [6, 6.07) is 3.43. The predicted molar refractivity (Wildman–Crippen MR) is 87.7 cm³/mol. The zero-order valence-electron chi connectivity index (χ0n) is 13.3. The van der Waals surface area contributed by atoms with Crippen molar-refractivity contribution in [3.63, 3.8) is 0 Å². The van der Waals surface area contributed by atoms with Crippen molar-refractivity contribution in [3.8, 4) is 11.3 Å². The van der Waals surface area contributed by atoms with E-state index in [0.717, 1.165) is 51.9 Å². The van der Waals surface area contributed by atoms with Gasteiger partial charge in [-0.1, -0.05) is 0 Å². The van der Waals surface area contributed by atoms with Crippen molar-refractivity contribution < 1.29 is 13.5 Å². The number of rotatable bonds is 6. The molecular weight excluding hydrogens is 314 g/mol. The molecule has 0 radical (unpaired) electrons. The Balaban J connectivity index is 1.55. The average Bonchev–Trinajstić information content (AvgIpc) is 2.60. The van der Waals surface area contributed by atoms with Crippen LogP contribution < -0.4 is 5.32 Å². The van der Waals surface area contributed by atoms with Crippen molar-refractivity contribution in [2.24, 2.45) is 0 Å². The summed E-state index contributed by atoms with van der Waals surface area (Å²) in [6.07, 6.45) is 4.03. The zero-order chi connectivity index (χ0) is 16.8. The molecule has 0 spiro atoms. The van der Waals surface area contributed by atoms with E-state index in [1.165, 1.54) is 18.3 Å². The Bertz CT molecular complexity index is 677. The van der Waals surface area contributed by atoms with Gasteiger partial charge in [0.1, 0.15) is 17.5 Å². The second kappa shape index (κ2) is 8.12. The van der Waals surface area contributed by atoms with Gasteiger partial charge in [-0.05, 0) is 25.1 Å². The maximum Gasteiger partial charge on any atom is 0.145 e. The summed E-state index contributed by atoms with van der Waals surface area (Å²) in [5, 5.41) is 3.20. The lowest BCUT2D eigenvalue weighted by Gasteiger charge is -2.26. The minimum absolute atomic E-state index is 0.237. The third kappa shape index (κ3) is 4.46. The van der Waals surface area contributed by atoms with Crippen molar-refractivity contribution in [1.29, 1.82) is 0 Å². The fourth-order valence-electron chi connectivity index (χ4n) is 2.62. The molecule has 3 rings (SSSR count). The molecule has 0 aliphatic carbocycles. The van der Waals surface area contributed by atoms with E-state index in [4.69, 9.17) is 4.74 Å². The van der Waals surface area contributed by atoms with Gasteiger partial charge in [-0.15, -0.1) is 0 Å². The van der Waals surface area contributed by atoms with Gasteiger partial charge in [-0.25, -0.2) is 13.8 Å². The SMILES string of the molecule is Fc1ccc(-c2cncc(NCCCN3CCOCC3)n2)c(F)c1. The van der Waals surface area contributed by atoms with Crippen LogP contribution in [0.5, 0.6) is 0 Å². The highest BCUT2D eigenvalue weighted by molar-refractivity contribution is 5.60. The Hall–Kier alpha value is -2.12. The molecule has 0 amide bonds. The molecule has 0 saturated carbocycles. The summed E-state index contributed by atoms with van der Waals surface area (Å²) in [6.45, 7) is 5.28. The first-order valence-corrected chi connectivity index (χ1v) is 8.04. The Morgan fingerprint density at radius 1 is 1.17 bits per heavy atom. The van der Waals surface area contributed by atoms with E-state index < -0.39 is 11.6 Å². The molecule has 0 bridgehead atoms. The van der Waals surface area contributed by atoms with Crippen LogP contribution in [0, 0.1) is 11.6 Å². The zero-order valence-corrected chi connectivity index (χ0v) is 13.3. The Labute approximate surface area is 139 Å². The number of nitrogens with one attached hydrogen (secondary N) is 1. The van der Waals surface area contributed by atoms with E-state index >= 15 is 0 Å². The molecule has 5 nitrogen and oxygen atoms in total. The molecule has 2 aromatic rings. The van der Waals surface area contributed by atoms with Crippen LogP contribution in [0.15, 0.2) is 30.6 Å². The summed E-state index contributed by atoms with van der Waals surface area (Å²) >= 11 is 0. The summed E-state index contributed by atoms with van der Waals surface area (Å²) in [7, 11) is 0. The van der Waals surface area contributed by atoms with Crippen molar-refractivity contribution in [1.82, 2.24) is 14.9 Å². The summed E-state index contributed by atoms with van der Waals surface area (Å²) in [4.78, 5) is 10.8. The maximum atomic E-state index is 13.8. The number of halogens is 2. The van der Waals surface area contributed by atoms with Crippen LogP contribution in [0.2, 0.25) is 0 Å².